The molecule has 5 rings (SSSR count). The Kier molecular flexibility index (Phi) is 3.51. The van der Waals surface area contributed by atoms with Gasteiger partial charge in [-0.1, -0.05) is 18.2 Å². The maximum atomic E-state index is 12.9. The largest absolute Gasteiger partial charge is 0.457 e. The Hall–Kier alpha value is -2.88. The van der Waals surface area contributed by atoms with Crippen LogP contribution in [-0.2, 0) is 9.59 Å². The topological polar surface area (TPSA) is 46.6 Å². The third-order valence-corrected chi connectivity index (χ3v) is 6.28. The van der Waals surface area contributed by atoms with Crippen molar-refractivity contribution in [3.63, 3.8) is 0 Å². The smallest absolute Gasteiger partial charge is 0.238 e. The second kappa shape index (κ2) is 5.81. The normalized spacial score (nSPS) is 28.1. The van der Waals surface area contributed by atoms with Gasteiger partial charge in [-0.25, -0.2) is 0 Å². The number of amides is 2. The van der Waals surface area contributed by atoms with E-state index in [-0.39, 0.29) is 35.5 Å². The molecule has 4 atom stereocenters. The molecule has 0 spiro atoms. The number of anilines is 1. The highest BCUT2D eigenvalue weighted by Gasteiger charge is 2.59. The number of imide groups is 1. The summed E-state index contributed by atoms with van der Waals surface area (Å²) in [7, 11) is 0. The lowest BCUT2D eigenvalue weighted by atomic mass is 9.85. The molecule has 1 heterocycles. The van der Waals surface area contributed by atoms with Crippen molar-refractivity contribution in [2.75, 3.05) is 4.90 Å². The molecule has 1 saturated heterocycles. The number of carbonyl (C=O) groups excluding carboxylic acids is 2. The number of hydrogen-bond donors (Lipinski definition) is 0. The highest BCUT2D eigenvalue weighted by atomic mass is 16.5. The third kappa shape index (κ3) is 2.43. The Morgan fingerprint density at radius 3 is 2.00 bits per heavy atom. The van der Waals surface area contributed by atoms with Crippen molar-refractivity contribution in [3.05, 3.63) is 65.7 Å². The summed E-state index contributed by atoms with van der Waals surface area (Å²) in [4.78, 5) is 27.1. The minimum Gasteiger partial charge on any atom is -0.457 e. The Labute approximate surface area is 158 Å². The van der Waals surface area contributed by atoms with Crippen LogP contribution < -0.4 is 9.64 Å². The van der Waals surface area contributed by atoms with Gasteiger partial charge in [0.25, 0.3) is 0 Å². The lowest BCUT2D eigenvalue weighted by Gasteiger charge is -2.17. The van der Waals surface area contributed by atoms with Crippen LogP contribution >= 0.6 is 0 Å². The standard InChI is InChI=1S/C23H21NO3/c1-13-3-8-19(11-14(13)2)27-18-9-6-17(7-10-18)24-22(25)20-15-4-5-16(12-15)21(20)23(24)26/h3-11,15-16,20-21H,12H2,1-2H3/t15-,16-,20-,21+/m1/s1. The molecule has 2 aliphatic carbocycles. The van der Waals surface area contributed by atoms with Crippen LogP contribution in [0.25, 0.3) is 0 Å². The molecular formula is C23H21NO3. The van der Waals surface area contributed by atoms with E-state index in [1.54, 1.807) is 12.1 Å². The number of nitrogens with zero attached hydrogens (tertiary/aromatic N) is 1. The Morgan fingerprint density at radius 1 is 0.815 bits per heavy atom. The molecule has 3 aliphatic rings. The first kappa shape index (κ1) is 16.3. The van der Waals surface area contributed by atoms with Crippen LogP contribution in [0.4, 0.5) is 5.69 Å². The van der Waals surface area contributed by atoms with E-state index in [4.69, 9.17) is 4.74 Å². The van der Waals surface area contributed by atoms with E-state index in [2.05, 4.69) is 26.0 Å². The number of fused-ring (bicyclic) bond motifs is 5. The van der Waals surface area contributed by atoms with Crippen molar-refractivity contribution < 1.29 is 14.3 Å². The first-order valence-corrected chi connectivity index (χ1v) is 9.44. The van der Waals surface area contributed by atoms with Crippen LogP contribution in [0.15, 0.2) is 54.6 Å². The molecular weight excluding hydrogens is 338 g/mol. The summed E-state index contributed by atoms with van der Waals surface area (Å²) < 4.78 is 5.91. The van der Waals surface area contributed by atoms with E-state index in [1.807, 2.05) is 30.3 Å². The summed E-state index contributed by atoms with van der Waals surface area (Å²) in [6, 6.07) is 13.2. The summed E-state index contributed by atoms with van der Waals surface area (Å²) in [6.07, 6.45) is 5.17. The molecule has 0 unspecified atom stereocenters. The first-order valence-electron chi connectivity index (χ1n) is 9.44. The van der Waals surface area contributed by atoms with E-state index in [0.29, 0.717) is 11.4 Å². The first-order chi connectivity index (χ1) is 13.0. The molecule has 136 valence electrons. The number of allylic oxidation sites excluding steroid dienone is 2. The quantitative estimate of drug-likeness (QED) is 0.602. The molecule has 4 nitrogen and oxygen atoms in total. The minimum atomic E-state index is -0.168. The van der Waals surface area contributed by atoms with Crippen LogP contribution in [0.1, 0.15) is 17.5 Å². The minimum absolute atomic E-state index is 0.0512. The Morgan fingerprint density at radius 2 is 1.41 bits per heavy atom. The van der Waals surface area contributed by atoms with Gasteiger partial charge in [0.15, 0.2) is 0 Å². The molecule has 1 saturated carbocycles. The highest BCUT2D eigenvalue weighted by Crippen LogP contribution is 2.53. The van der Waals surface area contributed by atoms with E-state index >= 15 is 0 Å². The zero-order valence-electron chi connectivity index (χ0n) is 15.4. The maximum Gasteiger partial charge on any atom is 0.238 e. The zero-order valence-corrected chi connectivity index (χ0v) is 15.4. The van der Waals surface area contributed by atoms with Crippen LogP contribution in [-0.4, -0.2) is 11.8 Å². The van der Waals surface area contributed by atoms with Gasteiger partial charge in [0.05, 0.1) is 17.5 Å². The van der Waals surface area contributed by atoms with Crippen molar-refractivity contribution >= 4 is 17.5 Å². The molecule has 1 aliphatic heterocycles. The number of rotatable bonds is 3. The fourth-order valence-corrected chi connectivity index (χ4v) is 4.73. The maximum absolute atomic E-state index is 12.9. The van der Waals surface area contributed by atoms with Gasteiger partial charge in [0.1, 0.15) is 11.5 Å². The summed E-state index contributed by atoms with van der Waals surface area (Å²) in [5.74, 6) is 1.48. The number of ether oxygens (including phenoxy) is 1. The van der Waals surface area contributed by atoms with E-state index < -0.39 is 0 Å². The lowest BCUT2D eigenvalue weighted by Crippen LogP contribution is -2.32. The molecule has 2 aromatic rings. The molecule has 4 heteroatoms. The number of carbonyl (C=O) groups is 2. The average Bonchev–Trinajstić information content (AvgIpc) is 3.33. The van der Waals surface area contributed by atoms with Crippen molar-refractivity contribution in [2.45, 2.75) is 20.3 Å². The van der Waals surface area contributed by atoms with Crippen LogP contribution in [0, 0.1) is 37.5 Å². The monoisotopic (exact) mass is 359 g/mol. The summed E-state index contributed by atoms with van der Waals surface area (Å²) in [5.41, 5.74) is 3.02. The predicted octanol–water partition coefficient (Wildman–Crippen LogP) is 4.41. The molecule has 0 radical (unpaired) electrons. The van der Waals surface area contributed by atoms with Gasteiger partial charge in [-0.15, -0.1) is 0 Å². The number of hydrogen-bond acceptors (Lipinski definition) is 3. The molecule has 0 aromatic heterocycles. The SMILES string of the molecule is Cc1ccc(Oc2ccc(N3C(=O)[C@@H]4[C@H](C3=O)[C@@H]3C=C[C@@H]4C3)cc2)cc1C. The van der Waals surface area contributed by atoms with Crippen LogP contribution in [0.3, 0.4) is 0 Å². The summed E-state index contributed by atoms with van der Waals surface area (Å²) >= 11 is 0. The van der Waals surface area contributed by atoms with Gasteiger partial charge in [-0.2, -0.15) is 0 Å². The second-order valence-corrected chi connectivity index (χ2v) is 7.85. The fraction of sp³-hybridized carbons (Fsp3) is 0.304. The Bertz CT molecular complexity index is 946. The van der Waals surface area contributed by atoms with E-state index in [0.717, 1.165) is 12.2 Å². The van der Waals surface area contributed by atoms with Crippen LogP contribution in [0.2, 0.25) is 0 Å². The molecule has 2 fully saturated rings. The van der Waals surface area contributed by atoms with Crippen molar-refractivity contribution in [3.8, 4) is 11.5 Å². The predicted molar refractivity (Wildman–Crippen MR) is 103 cm³/mol. The van der Waals surface area contributed by atoms with Gasteiger partial charge in [0, 0.05) is 0 Å². The summed E-state index contributed by atoms with van der Waals surface area (Å²) in [5, 5.41) is 0. The van der Waals surface area contributed by atoms with Crippen molar-refractivity contribution in [1.82, 2.24) is 0 Å². The van der Waals surface area contributed by atoms with Gasteiger partial charge >= 0.3 is 0 Å². The third-order valence-electron chi connectivity index (χ3n) is 6.28. The summed E-state index contributed by atoms with van der Waals surface area (Å²) in [6.45, 7) is 4.11. The van der Waals surface area contributed by atoms with Crippen molar-refractivity contribution in [1.29, 1.82) is 0 Å². The highest BCUT2D eigenvalue weighted by molar-refractivity contribution is 6.22. The lowest BCUT2D eigenvalue weighted by molar-refractivity contribution is -0.123. The molecule has 2 amide bonds. The van der Waals surface area contributed by atoms with E-state index in [1.165, 1.54) is 16.0 Å². The van der Waals surface area contributed by atoms with Gasteiger partial charge < -0.3 is 4.74 Å². The Balaban J connectivity index is 1.37. The molecule has 2 bridgehead atoms. The van der Waals surface area contributed by atoms with E-state index in [9.17, 15) is 9.59 Å². The fourth-order valence-electron chi connectivity index (χ4n) is 4.73. The van der Waals surface area contributed by atoms with Gasteiger partial charge in [0.2, 0.25) is 11.8 Å². The van der Waals surface area contributed by atoms with Crippen molar-refractivity contribution in [2.24, 2.45) is 23.7 Å². The average molecular weight is 359 g/mol. The zero-order chi connectivity index (χ0) is 18.7. The molecule has 27 heavy (non-hydrogen) atoms. The number of benzene rings is 2. The second-order valence-electron chi connectivity index (χ2n) is 7.85. The molecule has 2 aromatic carbocycles. The van der Waals surface area contributed by atoms with Gasteiger partial charge in [-0.05, 0) is 79.6 Å². The number of aryl methyl sites for hydroxylation is 2. The van der Waals surface area contributed by atoms with Gasteiger partial charge in [-0.3, -0.25) is 14.5 Å². The molecule has 0 N–H and O–H groups in total. The van der Waals surface area contributed by atoms with Crippen LogP contribution in [0.5, 0.6) is 11.5 Å².